The van der Waals surface area contributed by atoms with Gasteiger partial charge in [-0.2, -0.15) is 0 Å². The monoisotopic (exact) mass is 293 g/mol. The molecule has 1 aliphatic rings. The standard InChI is InChI=1S/C14H12ClNO2S/c1-18-14(17)12-5-9-7-16(8-13(9)19-12)11-4-2-3-10(15)6-11/h2-6H,7-8H2,1H3. The van der Waals surface area contributed by atoms with Crippen LogP contribution in [0, 0.1) is 0 Å². The van der Waals surface area contributed by atoms with E-state index in [1.54, 1.807) is 0 Å². The van der Waals surface area contributed by atoms with Gasteiger partial charge in [0, 0.05) is 22.1 Å². The average Bonchev–Trinajstić information content (AvgIpc) is 2.95. The first-order valence-corrected chi connectivity index (χ1v) is 7.07. The van der Waals surface area contributed by atoms with Gasteiger partial charge in [-0.25, -0.2) is 4.79 Å². The first-order valence-electron chi connectivity index (χ1n) is 5.88. The molecule has 0 bridgehead atoms. The highest BCUT2D eigenvalue weighted by molar-refractivity contribution is 7.14. The van der Waals surface area contributed by atoms with Gasteiger partial charge in [-0.05, 0) is 29.8 Å². The smallest absolute Gasteiger partial charge is 0.348 e. The fourth-order valence-electron chi connectivity index (χ4n) is 2.23. The molecule has 0 saturated heterocycles. The zero-order valence-corrected chi connectivity index (χ0v) is 11.9. The van der Waals surface area contributed by atoms with Crippen molar-refractivity contribution < 1.29 is 9.53 Å². The van der Waals surface area contributed by atoms with Gasteiger partial charge in [-0.1, -0.05) is 17.7 Å². The van der Waals surface area contributed by atoms with Crippen molar-refractivity contribution in [2.45, 2.75) is 13.1 Å². The number of carbonyl (C=O) groups is 1. The van der Waals surface area contributed by atoms with Gasteiger partial charge in [-0.3, -0.25) is 0 Å². The van der Waals surface area contributed by atoms with Crippen LogP contribution in [-0.2, 0) is 17.8 Å². The lowest BCUT2D eigenvalue weighted by Crippen LogP contribution is -2.14. The van der Waals surface area contributed by atoms with Crippen LogP contribution in [0.4, 0.5) is 5.69 Å². The number of thiophene rings is 1. The maximum Gasteiger partial charge on any atom is 0.348 e. The molecular formula is C14H12ClNO2S. The molecule has 5 heteroatoms. The summed E-state index contributed by atoms with van der Waals surface area (Å²) in [5.41, 5.74) is 2.31. The quantitative estimate of drug-likeness (QED) is 0.791. The van der Waals surface area contributed by atoms with Crippen molar-refractivity contribution in [3.8, 4) is 0 Å². The number of hydrogen-bond donors (Lipinski definition) is 0. The van der Waals surface area contributed by atoms with Gasteiger partial charge >= 0.3 is 5.97 Å². The maximum atomic E-state index is 11.5. The van der Waals surface area contributed by atoms with Crippen LogP contribution in [0.2, 0.25) is 5.02 Å². The van der Waals surface area contributed by atoms with Gasteiger partial charge in [0.2, 0.25) is 0 Å². The maximum absolute atomic E-state index is 11.5. The van der Waals surface area contributed by atoms with Gasteiger partial charge in [0.15, 0.2) is 0 Å². The van der Waals surface area contributed by atoms with E-state index in [4.69, 9.17) is 16.3 Å². The summed E-state index contributed by atoms with van der Waals surface area (Å²) >= 11 is 7.52. The van der Waals surface area contributed by atoms with E-state index >= 15 is 0 Å². The Balaban J connectivity index is 1.82. The van der Waals surface area contributed by atoms with E-state index in [1.165, 1.54) is 28.9 Å². The summed E-state index contributed by atoms with van der Waals surface area (Å²) in [5, 5.41) is 0.739. The van der Waals surface area contributed by atoms with Crippen molar-refractivity contribution in [1.29, 1.82) is 0 Å². The molecular weight excluding hydrogens is 282 g/mol. The molecule has 0 aliphatic carbocycles. The minimum absolute atomic E-state index is 0.256. The predicted octanol–water partition coefficient (Wildman–Crippen LogP) is 3.71. The molecule has 0 unspecified atom stereocenters. The first-order chi connectivity index (χ1) is 9.17. The van der Waals surface area contributed by atoms with Crippen LogP contribution in [0.1, 0.15) is 20.1 Å². The number of nitrogens with zero attached hydrogens (tertiary/aromatic N) is 1. The van der Waals surface area contributed by atoms with Gasteiger partial charge in [-0.15, -0.1) is 11.3 Å². The Morgan fingerprint density at radius 1 is 1.37 bits per heavy atom. The molecule has 3 rings (SSSR count). The van der Waals surface area contributed by atoms with Crippen LogP contribution in [0.25, 0.3) is 0 Å². The summed E-state index contributed by atoms with van der Waals surface area (Å²) in [4.78, 5) is 15.6. The Hall–Kier alpha value is -1.52. The van der Waals surface area contributed by atoms with Crippen molar-refractivity contribution in [1.82, 2.24) is 0 Å². The Morgan fingerprint density at radius 2 is 2.21 bits per heavy atom. The number of rotatable bonds is 2. The number of ether oxygens (including phenoxy) is 1. The van der Waals surface area contributed by atoms with Gasteiger partial charge in [0.1, 0.15) is 4.88 Å². The number of hydrogen-bond acceptors (Lipinski definition) is 4. The largest absolute Gasteiger partial charge is 0.465 e. The zero-order valence-electron chi connectivity index (χ0n) is 10.4. The molecule has 3 nitrogen and oxygen atoms in total. The third kappa shape index (κ3) is 2.33. The first kappa shape index (κ1) is 12.5. The van der Waals surface area contributed by atoms with Crippen LogP contribution in [0.15, 0.2) is 30.3 Å². The topological polar surface area (TPSA) is 29.5 Å². The minimum atomic E-state index is -0.256. The summed E-state index contributed by atoms with van der Waals surface area (Å²) < 4.78 is 4.74. The van der Waals surface area contributed by atoms with Crippen molar-refractivity contribution >= 4 is 34.6 Å². The third-order valence-corrected chi connectivity index (χ3v) is 4.53. The van der Waals surface area contributed by atoms with Gasteiger partial charge in [0.05, 0.1) is 13.7 Å². The van der Waals surface area contributed by atoms with Crippen LogP contribution in [-0.4, -0.2) is 13.1 Å². The molecule has 2 aromatic rings. The van der Waals surface area contributed by atoms with Crippen molar-refractivity contribution in [3.05, 3.63) is 50.7 Å². The lowest BCUT2D eigenvalue weighted by atomic mass is 10.2. The molecule has 0 fully saturated rings. The lowest BCUT2D eigenvalue weighted by molar-refractivity contribution is 0.0606. The second-order valence-electron chi connectivity index (χ2n) is 4.39. The number of esters is 1. The molecule has 1 aromatic carbocycles. The average molecular weight is 294 g/mol. The minimum Gasteiger partial charge on any atom is -0.465 e. The summed E-state index contributed by atoms with van der Waals surface area (Å²) in [5.74, 6) is -0.256. The number of fused-ring (bicyclic) bond motifs is 1. The summed E-state index contributed by atoms with van der Waals surface area (Å²) in [6.07, 6.45) is 0. The number of benzene rings is 1. The number of methoxy groups -OCH3 is 1. The highest BCUT2D eigenvalue weighted by Crippen LogP contribution is 2.34. The molecule has 1 aliphatic heterocycles. The van der Waals surface area contributed by atoms with E-state index in [0.717, 1.165) is 23.8 Å². The zero-order chi connectivity index (χ0) is 13.4. The van der Waals surface area contributed by atoms with E-state index in [0.29, 0.717) is 4.88 Å². The van der Waals surface area contributed by atoms with Crippen LogP contribution >= 0.6 is 22.9 Å². The Morgan fingerprint density at radius 3 is 2.89 bits per heavy atom. The molecule has 1 aromatic heterocycles. The summed E-state index contributed by atoms with van der Waals surface area (Å²) in [6.45, 7) is 1.63. The molecule has 0 saturated carbocycles. The molecule has 98 valence electrons. The predicted molar refractivity (Wildman–Crippen MR) is 77.0 cm³/mol. The van der Waals surface area contributed by atoms with E-state index < -0.39 is 0 Å². The Labute approximate surface area is 120 Å². The SMILES string of the molecule is COC(=O)c1cc2c(s1)CN(c1cccc(Cl)c1)C2. The van der Waals surface area contributed by atoms with Gasteiger partial charge in [0.25, 0.3) is 0 Å². The van der Waals surface area contributed by atoms with Crippen molar-refractivity contribution in [2.75, 3.05) is 12.0 Å². The second-order valence-corrected chi connectivity index (χ2v) is 5.96. The van der Waals surface area contributed by atoms with Gasteiger partial charge < -0.3 is 9.64 Å². The van der Waals surface area contributed by atoms with Crippen molar-refractivity contribution in [2.24, 2.45) is 0 Å². The molecule has 0 amide bonds. The molecule has 19 heavy (non-hydrogen) atoms. The van der Waals surface area contributed by atoms with E-state index in [1.807, 2.05) is 30.3 Å². The molecule has 0 atom stereocenters. The second kappa shape index (κ2) is 4.87. The highest BCUT2D eigenvalue weighted by atomic mass is 35.5. The fraction of sp³-hybridized carbons (Fsp3) is 0.214. The lowest BCUT2D eigenvalue weighted by Gasteiger charge is -2.18. The molecule has 0 radical (unpaired) electrons. The fourth-order valence-corrected chi connectivity index (χ4v) is 3.52. The number of halogens is 1. The Bertz CT molecular complexity index is 615. The molecule has 2 heterocycles. The summed E-state index contributed by atoms with van der Waals surface area (Å²) in [7, 11) is 1.41. The van der Waals surface area contributed by atoms with E-state index in [9.17, 15) is 4.79 Å². The Kier molecular flexibility index (Phi) is 3.21. The molecule has 0 spiro atoms. The van der Waals surface area contributed by atoms with Crippen LogP contribution < -0.4 is 4.90 Å². The third-order valence-electron chi connectivity index (χ3n) is 3.15. The van der Waals surface area contributed by atoms with Crippen molar-refractivity contribution in [3.63, 3.8) is 0 Å². The normalized spacial score (nSPS) is 13.5. The number of carbonyl (C=O) groups excluding carboxylic acids is 1. The van der Waals surface area contributed by atoms with E-state index in [2.05, 4.69) is 4.90 Å². The molecule has 0 N–H and O–H groups in total. The highest BCUT2D eigenvalue weighted by Gasteiger charge is 2.24. The van der Waals surface area contributed by atoms with Crippen LogP contribution in [0.3, 0.4) is 0 Å². The van der Waals surface area contributed by atoms with E-state index in [-0.39, 0.29) is 5.97 Å². The summed E-state index contributed by atoms with van der Waals surface area (Å²) in [6, 6.07) is 9.75. The number of anilines is 1. The van der Waals surface area contributed by atoms with Crippen LogP contribution in [0.5, 0.6) is 0 Å².